The van der Waals surface area contributed by atoms with Crippen molar-refractivity contribution in [3.05, 3.63) is 0 Å². The number of amides is 1. The number of rotatable bonds is 4. The molecule has 0 aromatic rings. The van der Waals surface area contributed by atoms with Gasteiger partial charge in [0.2, 0.25) is 0 Å². The minimum Gasteiger partial charge on any atom is -0.757 e. The number of carbonyl (C=O) groups is 1. The van der Waals surface area contributed by atoms with E-state index in [1.54, 1.807) is 0 Å². The highest BCUT2D eigenvalue weighted by Gasteiger charge is 2.58. The van der Waals surface area contributed by atoms with Gasteiger partial charge in [-0.15, -0.1) is 0 Å². The third-order valence-corrected chi connectivity index (χ3v) is 6.93. The van der Waals surface area contributed by atoms with E-state index in [9.17, 15) is 30.8 Å². The Morgan fingerprint density at radius 2 is 1.83 bits per heavy atom. The highest BCUT2D eigenvalue weighted by molar-refractivity contribution is 8.00. The van der Waals surface area contributed by atoms with Crippen molar-refractivity contribution < 1.29 is 36.0 Å². The Balaban J connectivity index is 2.16. The molecule has 2 aliphatic rings. The van der Waals surface area contributed by atoms with Crippen LogP contribution in [0.3, 0.4) is 0 Å². The van der Waals surface area contributed by atoms with Crippen LogP contribution in [-0.4, -0.2) is 55.4 Å². The average molecular weight is 375 g/mol. The lowest BCUT2D eigenvalue weighted by Crippen LogP contribution is -2.56. The minimum absolute atomic E-state index is 0.0144. The average Bonchev–Trinajstić information content (AvgIpc) is 2.52. The van der Waals surface area contributed by atoms with E-state index in [1.165, 1.54) is 0 Å². The normalized spacial score (nSPS) is 27.6. The van der Waals surface area contributed by atoms with Crippen LogP contribution < -0.4 is 0 Å². The third-order valence-electron chi connectivity index (χ3n) is 4.48. The van der Waals surface area contributed by atoms with Crippen molar-refractivity contribution in [2.75, 3.05) is 13.1 Å². The Labute approximate surface area is 134 Å². The summed E-state index contributed by atoms with van der Waals surface area (Å²) >= 11 is -3.85. The molecule has 1 heterocycles. The van der Waals surface area contributed by atoms with Crippen LogP contribution in [0.2, 0.25) is 0 Å². The minimum atomic E-state index is -6.06. The number of carbonyl (C=O) groups excluding carboxylic acids is 1. The van der Waals surface area contributed by atoms with E-state index in [4.69, 9.17) is 5.21 Å². The monoisotopic (exact) mass is 375 g/mol. The van der Waals surface area contributed by atoms with Gasteiger partial charge in [0.25, 0.3) is 0 Å². The van der Waals surface area contributed by atoms with Gasteiger partial charge in [-0.2, -0.15) is 8.78 Å². The molecule has 2 rings (SSSR count). The van der Waals surface area contributed by atoms with Gasteiger partial charge in [-0.3, -0.25) is 14.2 Å². The SMILES string of the molecule is O=C(N1CCC2CCCCC2C1)C(F)(F)S(=O)(=O)N(O)S(=O)[O-]. The fourth-order valence-corrected chi connectivity index (χ4v) is 4.73. The molecule has 8 nitrogen and oxygen atoms in total. The molecule has 0 bridgehead atoms. The van der Waals surface area contributed by atoms with E-state index < -0.39 is 36.3 Å². The molecule has 12 heteroatoms. The van der Waals surface area contributed by atoms with Crippen LogP contribution in [0.5, 0.6) is 0 Å². The van der Waals surface area contributed by atoms with E-state index in [1.807, 2.05) is 0 Å². The summed E-state index contributed by atoms with van der Waals surface area (Å²) in [6.45, 7) is -0.00247. The molecule has 23 heavy (non-hydrogen) atoms. The Morgan fingerprint density at radius 1 is 1.26 bits per heavy atom. The van der Waals surface area contributed by atoms with Gasteiger partial charge in [0.15, 0.2) is 0 Å². The van der Waals surface area contributed by atoms with Gasteiger partial charge >= 0.3 is 21.2 Å². The van der Waals surface area contributed by atoms with Crippen molar-refractivity contribution in [3.8, 4) is 0 Å². The Kier molecular flexibility index (Phi) is 5.41. The van der Waals surface area contributed by atoms with E-state index in [2.05, 4.69) is 0 Å². The van der Waals surface area contributed by atoms with E-state index >= 15 is 0 Å². The van der Waals surface area contributed by atoms with Crippen LogP contribution in [0.4, 0.5) is 8.78 Å². The number of hydrogen-bond donors (Lipinski definition) is 1. The smallest absolute Gasteiger partial charge is 0.438 e. The second kappa shape index (κ2) is 6.67. The summed E-state index contributed by atoms with van der Waals surface area (Å²) in [5, 5.41) is 3.75. The zero-order valence-electron chi connectivity index (χ0n) is 12.1. The first-order chi connectivity index (χ1) is 10.6. The molecule has 3 atom stereocenters. The number of likely N-dealkylation sites (tertiary alicyclic amines) is 1. The number of alkyl halides is 2. The highest BCUT2D eigenvalue weighted by atomic mass is 32.3. The number of sulfonamides is 1. The fraction of sp³-hybridized carbons (Fsp3) is 0.909. The quantitative estimate of drug-likeness (QED) is 0.562. The fourth-order valence-electron chi connectivity index (χ4n) is 3.26. The first kappa shape index (κ1) is 18.6. The molecule has 1 amide bonds. The lowest BCUT2D eigenvalue weighted by Gasteiger charge is -2.42. The van der Waals surface area contributed by atoms with Gasteiger partial charge in [0.1, 0.15) is 0 Å². The number of nitrogens with zero attached hydrogens (tertiary/aromatic N) is 2. The van der Waals surface area contributed by atoms with Crippen LogP contribution in [0, 0.1) is 11.8 Å². The van der Waals surface area contributed by atoms with Crippen molar-refractivity contribution in [1.29, 1.82) is 0 Å². The second-order valence-corrected chi connectivity index (χ2v) is 8.61. The maximum atomic E-state index is 14.0. The Morgan fingerprint density at radius 3 is 2.39 bits per heavy atom. The molecule has 3 unspecified atom stereocenters. The molecule has 1 aliphatic heterocycles. The summed E-state index contributed by atoms with van der Waals surface area (Å²) in [7, 11) is -6.06. The molecular weight excluding hydrogens is 358 g/mol. The number of fused-ring (bicyclic) bond motifs is 1. The molecule has 134 valence electrons. The van der Waals surface area contributed by atoms with Gasteiger partial charge in [-0.05, 0) is 28.6 Å². The third kappa shape index (κ3) is 3.40. The van der Waals surface area contributed by atoms with Crippen molar-refractivity contribution >= 4 is 27.2 Å². The summed E-state index contributed by atoms with van der Waals surface area (Å²) in [4.78, 5) is 12.7. The van der Waals surface area contributed by atoms with E-state index in [-0.39, 0.29) is 19.0 Å². The van der Waals surface area contributed by atoms with Gasteiger partial charge in [-0.1, -0.05) is 19.3 Å². The van der Waals surface area contributed by atoms with Crippen LogP contribution in [0.25, 0.3) is 0 Å². The van der Waals surface area contributed by atoms with Gasteiger partial charge in [0, 0.05) is 13.1 Å². The van der Waals surface area contributed by atoms with Gasteiger partial charge in [-0.25, -0.2) is 8.42 Å². The summed E-state index contributed by atoms with van der Waals surface area (Å²) in [6.07, 6.45) is 4.22. The molecule has 1 saturated heterocycles. The van der Waals surface area contributed by atoms with Crippen LogP contribution in [0.1, 0.15) is 32.1 Å². The standard InChI is InChI=1S/C11H18F2N2O6S2/c12-11(13,23(20,21)15(17)22(18)19)10(16)14-6-5-8-3-1-2-4-9(8)7-14/h8-9,17H,1-7H2,(H,18,19)/p-1. The van der Waals surface area contributed by atoms with Crippen molar-refractivity contribution in [2.45, 2.75) is 37.4 Å². The number of piperidine rings is 1. The highest BCUT2D eigenvalue weighted by Crippen LogP contribution is 2.38. The van der Waals surface area contributed by atoms with E-state index in [0.29, 0.717) is 12.3 Å². The van der Waals surface area contributed by atoms with E-state index in [0.717, 1.165) is 30.6 Å². The number of hydrogen-bond acceptors (Lipinski definition) is 6. The first-order valence-corrected chi connectivity index (χ1v) is 9.56. The maximum Gasteiger partial charge on any atom is 0.438 e. The van der Waals surface area contributed by atoms with Crippen LogP contribution >= 0.6 is 0 Å². The van der Waals surface area contributed by atoms with Crippen molar-refractivity contribution in [1.82, 2.24) is 8.77 Å². The first-order valence-electron chi connectivity index (χ1n) is 7.09. The molecule has 0 aromatic carbocycles. The zero-order chi connectivity index (χ0) is 17.4. The molecule has 0 aromatic heterocycles. The Hall–Kier alpha value is -0.690. The zero-order valence-corrected chi connectivity index (χ0v) is 13.7. The van der Waals surface area contributed by atoms with Crippen molar-refractivity contribution in [3.63, 3.8) is 0 Å². The second-order valence-electron chi connectivity index (χ2n) is 5.79. The van der Waals surface area contributed by atoms with Crippen LogP contribution in [0.15, 0.2) is 0 Å². The molecule has 1 N–H and O–H groups in total. The molecule has 2 fully saturated rings. The summed E-state index contributed by atoms with van der Waals surface area (Å²) in [6, 6.07) is 0. The summed E-state index contributed by atoms with van der Waals surface area (Å²) in [5.41, 5.74) is 0. The topological polar surface area (TPSA) is 118 Å². The van der Waals surface area contributed by atoms with Gasteiger partial charge < -0.3 is 9.45 Å². The predicted molar refractivity (Wildman–Crippen MR) is 73.1 cm³/mol. The lowest BCUT2D eigenvalue weighted by atomic mass is 9.75. The Bertz CT molecular complexity index is 599. The predicted octanol–water partition coefficient (Wildman–Crippen LogP) is 0.433. The summed E-state index contributed by atoms with van der Waals surface area (Å²) in [5.74, 6) is -1.63. The molecule has 1 aliphatic carbocycles. The molecule has 0 spiro atoms. The number of halogens is 2. The maximum absolute atomic E-state index is 14.0. The van der Waals surface area contributed by atoms with Crippen LogP contribution in [-0.2, 0) is 26.1 Å². The lowest BCUT2D eigenvalue weighted by molar-refractivity contribution is -0.151. The van der Waals surface area contributed by atoms with Crippen molar-refractivity contribution in [2.24, 2.45) is 11.8 Å². The largest absolute Gasteiger partial charge is 0.757 e. The van der Waals surface area contributed by atoms with Gasteiger partial charge in [0.05, 0.1) is 11.3 Å². The molecule has 1 saturated carbocycles. The summed E-state index contributed by atoms with van der Waals surface area (Å²) < 4.78 is 70.1. The molecular formula is C11H17F2N2O6S2-. The molecule has 0 radical (unpaired) electrons.